The fourth-order valence-corrected chi connectivity index (χ4v) is 3.27. The van der Waals surface area contributed by atoms with Gasteiger partial charge in [0, 0.05) is 23.9 Å². The Balaban J connectivity index is 1.71. The van der Waals surface area contributed by atoms with E-state index in [9.17, 15) is 14.0 Å². The van der Waals surface area contributed by atoms with Crippen molar-refractivity contribution in [3.63, 3.8) is 0 Å². The third kappa shape index (κ3) is 4.73. The van der Waals surface area contributed by atoms with E-state index < -0.39 is 0 Å². The van der Waals surface area contributed by atoms with Crippen LogP contribution >= 0.6 is 11.8 Å². The van der Waals surface area contributed by atoms with Crippen molar-refractivity contribution in [2.45, 2.75) is 25.0 Å². The lowest BCUT2D eigenvalue weighted by Gasteiger charge is -2.16. The number of carbonyl (C=O) groups excluding carboxylic acids is 2. The Bertz CT molecular complexity index is 533. The molecule has 1 aromatic carbocycles. The highest BCUT2D eigenvalue weighted by atomic mass is 32.2. The molecular formula is C16H21FN2O2S. The molecule has 0 aromatic heterocycles. The van der Waals surface area contributed by atoms with Gasteiger partial charge < -0.3 is 10.2 Å². The maximum absolute atomic E-state index is 13.6. The molecule has 0 aliphatic carbocycles. The fraction of sp³-hybridized carbons (Fsp3) is 0.500. The third-order valence-electron chi connectivity index (χ3n) is 3.70. The number of amides is 2. The van der Waals surface area contributed by atoms with Gasteiger partial charge in [0.2, 0.25) is 11.8 Å². The molecule has 1 aliphatic rings. The van der Waals surface area contributed by atoms with Gasteiger partial charge in [-0.05, 0) is 25.8 Å². The molecule has 4 nitrogen and oxygen atoms in total. The molecular weight excluding hydrogens is 303 g/mol. The summed E-state index contributed by atoms with van der Waals surface area (Å²) < 4.78 is 13.6. The van der Waals surface area contributed by atoms with Crippen molar-refractivity contribution >= 4 is 23.6 Å². The number of nitrogens with zero attached hydrogens (tertiary/aromatic N) is 1. The minimum Gasteiger partial charge on any atom is -0.346 e. The van der Waals surface area contributed by atoms with Gasteiger partial charge in [-0.2, -0.15) is 0 Å². The van der Waals surface area contributed by atoms with Crippen molar-refractivity contribution in [1.29, 1.82) is 0 Å². The predicted molar refractivity (Wildman–Crippen MR) is 86.1 cm³/mol. The molecule has 1 N–H and O–H groups in total. The van der Waals surface area contributed by atoms with Crippen LogP contribution in [0.25, 0.3) is 0 Å². The van der Waals surface area contributed by atoms with E-state index in [0.717, 1.165) is 25.9 Å². The topological polar surface area (TPSA) is 49.4 Å². The van der Waals surface area contributed by atoms with Gasteiger partial charge in [-0.15, -0.1) is 11.8 Å². The summed E-state index contributed by atoms with van der Waals surface area (Å²) in [6.07, 6.45) is 2.07. The number of halogens is 1. The van der Waals surface area contributed by atoms with Crippen LogP contribution in [0.3, 0.4) is 0 Å². The molecule has 1 saturated heterocycles. The molecule has 0 saturated carbocycles. The van der Waals surface area contributed by atoms with Gasteiger partial charge in [0.05, 0.1) is 12.3 Å². The predicted octanol–water partition coefficient (Wildman–Crippen LogP) is 2.36. The molecule has 1 fully saturated rings. The smallest absolute Gasteiger partial charge is 0.241 e. The highest BCUT2D eigenvalue weighted by Gasteiger charge is 2.18. The number of carbonyl (C=O) groups is 2. The number of rotatable bonds is 6. The lowest BCUT2D eigenvalue weighted by molar-refractivity contribution is -0.131. The molecule has 2 amide bonds. The highest BCUT2D eigenvalue weighted by Crippen LogP contribution is 2.29. The summed E-state index contributed by atoms with van der Waals surface area (Å²) >= 11 is 1.36. The summed E-state index contributed by atoms with van der Waals surface area (Å²) in [6.45, 7) is 3.49. The van der Waals surface area contributed by atoms with Gasteiger partial charge in [-0.1, -0.05) is 18.2 Å². The lowest BCUT2D eigenvalue weighted by atomic mass is 10.1. The molecule has 1 heterocycles. The van der Waals surface area contributed by atoms with Crippen LogP contribution in [0.5, 0.6) is 0 Å². The average Bonchev–Trinajstić information content (AvgIpc) is 3.05. The molecule has 1 aromatic rings. The van der Waals surface area contributed by atoms with E-state index in [1.165, 1.54) is 17.8 Å². The van der Waals surface area contributed by atoms with Crippen LogP contribution < -0.4 is 5.32 Å². The average molecular weight is 324 g/mol. The Hall–Kier alpha value is -1.56. The second kappa shape index (κ2) is 8.17. The molecule has 1 aliphatic heterocycles. The molecule has 22 heavy (non-hydrogen) atoms. The van der Waals surface area contributed by atoms with Crippen LogP contribution in [0.4, 0.5) is 4.39 Å². The van der Waals surface area contributed by atoms with Gasteiger partial charge in [0.15, 0.2) is 0 Å². The van der Waals surface area contributed by atoms with Gasteiger partial charge in [-0.25, -0.2) is 4.39 Å². The van der Waals surface area contributed by atoms with E-state index >= 15 is 0 Å². The normalized spacial score (nSPS) is 15.6. The molecule has 120 valence electrons. The van der Waals surface area contributed by atoms with Gasteiger partial charge in [-0.3, -0.25) is 9.59 Å². The molecule has 0 bridgehead atoms. The first-order valence-electron chi connectivity index (χ1n) is 7.48. The van der Waals surface area contributed by atoms with E-state index in [2.05, 4.69) is 5.32 Å². The molecule has 1 unspecified atom stereocenters. The van der Waals surface area contributed by atoms with Crippen LogP contribution in [-0.4, -0.2) is 42.1 Å². The van der Waals surface area contributed by atoms with Crippen LogP contribution in [-0.2, 0) is 9.59 Å². The SMILES string of the molecule is CC(SCC(=O)NCC(=O)N1CCCC1)c1ccccc1F. The first-order valence-corrected chi connectivity index (χ1v) is 8.53. The van der Waals surface area contributed by atoms with Crippen molar-refractivity contribution < 1.29 is 14.0 Å². The summed E-state index contributed by atoms with van der Waals surface area (Å²) in [5.41, 5.74) is 0.591. The number of nitrogens with one attached hydrogen (secondary N) is 1. The monoisotopic (exact) mass is 324 g/mol. The first-order chi connectivity index (χ1) is 10.6. The Morgan fingerprint density at radius 1 is 1.32 bits per heavy atom. The zero-order chi connectivity index (χ0) is 15.9. The second-order valence-corrected chi connectivity index (χ2v) is 6.67. The molecule has 1 atom stereocenters. The number of hydrogen-bond acceptors (Lipinski definition) is 3. The minimum absolute atomic E-state index is 0.0296. The van der Waals surface area contributed by atoms with E-state index in [1.807, 2.05) is 6.92 Å². The highest BCUT2D eigenvalue weighted by molar-refractivity contribution is 8.00. The van der Waals surface area contributed by atoms with Crippen LogP contribution in [0.1, 0.15) is 30.6 Å². The summed E-state index contributed by atoms with van der Waals surface area (Å²) in [4.78, 5) is 25.4. The summed E-state index contributed by atoms with van der Waals surface area (Å²) in [5.74, 6) is -0.270. The van der Waals surface area contributed by atoms with Crippen molar-refractivity contribution in [2.24, 2.45) is 0 Å². The Morgan fingerprint density at radius 3 is 2.68 bits per heavy atom. The zero-order valence-electron chi connectivity index (χ0n) is 12.7. The van der Waals surface area contributed by atoms with Gasteiger partial charge in [0.25, 0.3) is 0 Å². The van der Waals surface area contributed by atoms with Crippen LogP contribution in [0, 0.1) is 5.82 Å². The molecule has 2 rings (SSSR count). The lowest BCUT2D eigenvalue weighted by Crippen LogP contribution is -2.39. The molecule has 0 radical (unpaired) electrons. The minimum atomic E-state index is -0.257. The number of likely N-dealkylation sites (tertiary alicyclic amines) is 1. The van der Waals surface area contributed by atoms with Crippen molar-refractivity contribution in [2.75, 3.05) is 25.4 Å². The summed E-state index contributed by atoms with van der Waals surface area (Å²) in [6, 6.07) is 6.57. The Labute approximate surface area is 134 Å². The summed E-state index contributed by atoms with van der Waals surface area (Å²) in [7, 11) is 0. The van der Waals surface area contributed by atoms with E-state index in [4.69, 9.17) is 0 Å². The van der Waals surface area contributed by atoms with Crippen LogP contribution in [0.15, 0.2) is 24.3 Å². The van der Waals surface area contributed by atoms with Crippen molar-refractivity contribution in [1.82, 2.24) is 10.2 Å². The quantitative estimate of drug-likeness (QED) is 0.874. The molecule has 6 heteroatoms. The number of benzene rings is 1. The standard InChI is InChI=1S/C16H21FN2O2S/c1-12(13-6-2-3-7-14(13)17)22-11-15(20)18-10-16(21)19-8-4-5-9-19/h2-3,6-7,12H,4-5,8-11H2,1H3,(H,18,20). The molecule has 0 spiro atoms. The van der Waals surface area contributed by atoms with Gasteiger partial charge in [0.1, 0.15) is 5.82 Å². The van der Waals surface area contributed by atoms with Crippen LogP contribution in [0.2, 0.25) is 0 Å². The number of thioether (sulfide) groups is 1. The van der Waals surface area contributed by atoms with E-state index in [-0.39, 0.29) is 35.2 Å². The largest absolute Gasteiger partial charge is 0.346 e. The maximum atomic E-state index is 13.6. The van der Waals surface area contributed by atoms with E-state index in [1.54, 1.807) is 23.1 Å². The maximum Gasteiger partial charge on any atom is 0.241 e. The second-order valence-electron chi connectivity index (χ2n) is 5.34. The first kappa shape index (κ1) is 16.8. The summed E-state index contributed by atoms with van der Waals surface area (Å²) in [5, 5.41) is 2.53. The van der Waals surface area contributed by atoms with Crippen molar-refractivity contribution in [3.05, 3.63) is 35.6 Å². The van der Waals surface area contributed by atoms with E-state index in [0.29, 0.717) is 5.56 Å². The third-order valence-corrected chi connectivity index (χ3v) is 4.89. The Kier molecular flexibility index (Phi) is 6.24. The van der Waals surface area contributed by atoms with Gasteiger partial charge >= 0.3 is 0 Å². The Morgan fingerprint density at radius 2 is 2.00 bits per heavy atom. The van der Waals surface area contributed by atoms with Crippen molar-refractivity contribution in [3.8, 4) is 0 Å². The fourth-order valence-electron chi connectivity index (χ4n) is 2.40. The number of hydrogen-bond donors (Lipinski definition) is 1. The zero-order valence-corrected chi connectivity index (χ0v) is 13.5.